The molecule has 4 rings (SSSR count). The molecule has 1 saturated heterocycles. The van der Waals surface area contributed by atoms with Crippen LogP contribution in [0.15, 0.2) is 65.6 Å². The Morgan fingerprint density at radius 1 is 0.865 bits per heavy atom. The van der Waals surface area contributed by atoms with E-state index >= 15 is 0 Å². The number of hydrogen-bond acceptors (Lipinski definition) is 5. The molecule has 0 aromatic heterocycles. The molecule has 37 heavy (non-hydrogen) atoms. The summed E-state index contributed by atoms with van der Waals surface area (Å²) in [5.74, 6) is -5.47. The van der Waals surface area contributed by atoms with Crippen LogP contribution in [0.25, 0.3) is 0 Å². The minimum absolute atomic E-state index is 0.104. The molecular weight excluding hydrogens is 508 g/mol. The lowest BCUT2D eigenvalue weighted by molar-refractivity contribution is 0.00578. The van der Waals surface area contributed by atoms with E-state index in [0.29, 0.717) is 17.6 Å². The molecule has 0 bridgehead atoms. The Balaban J connectivity index is 1.58. The number of nitrogens with one attached hydrogen (secondary N) is 2. The third-order valence-corrected chi connectivity index (χ3v) is 7.72. The first-order valence-corrected chi connectivity index (χ1v) is 12.7. The van der Waals surface area contributed by atoms with Gasteiger partial charge in [0.25, 0.3) is 15.9 Å². The molecule has 3 aromatic rings. The molecule has 194 valence electrons. The summed E-state index contributed by atoms with van der Waals surface area (Å²) in [7, 11) is -5.00. The molecule has 1 fully saturated rings. The second-order valence-electron chi connectivity index (χ2n) is 9.52. The van der Waals surface area contributed by atoms with Crippen LogP contribution in [0.4, 0.5) is 24.5 Å². The summed E-state index contributed by atoms with van der Waals surface area (Å²) in [6, 6.07) is 12.9. The van der Waals surface area contributed by atoms with Gasteiger partial charge in [0, 0.05) is 34.5 Å². The minimum Gasteiger partial charge on any atom is -0.399 e. The molecule has 3 aromatic carbocycles. The number of para-hydroxylation sites is 1. The van der Waals surface area contributed by atoms with Gasteiger partial charge in [-0.05, 0) is 52.0 Å². The van der Waals surface area contributed by atoms with E-state index in [0.717, 1.165) is 6.07 Å². The topological polar surface area (TPSA) is 93.7 Å². The fourth-order valence-electron chi connectivity index (χ4n) is 3.60. The van der Waals surface area contributed by atoms with E-state index in [1.807, 2.05) is 27.7 Å². The highest BCUT2D eigenvalue weighted by Crippen LogP contribution is 2.37. The molecule has 2 N–H and O–H groups in total. The van der Waals surface area contributed by atoms with Gasteiger partial charge in [-0.15, -0.1) is 0 Å². The second kappa shape index (κ2) is 9.51. The summed E-state index contributed by atoms with van der Waals surface area (Å²) >= 11 is 0. The smallest absolute Gasteiger partial charge is 0.399 e. The highest BCUT2D eigenvalue weighted by molar-refractivity contribution is 7.92. The van der Waals surface area contributed by atoms with Gasteiger partial charge in [-0.1, -0.05) is 24.3 Å². The molecular formula is C25H24BF3N2O5S. The van der Waals surface area contributed by atoms with E-state index in [1.54, 1.807) is 24.3 Å². The van der Waals surface area contributed by atoms with Gasteiger partial charge in [0.2, 0.25) is 0 Å². The number of sulfonamides is 1. The molecule has 1 heterocycles. The highest BCUT2D eigenvalue weighted by Gasteiger charge is 2.52. The predicted octanol–water partition coefficient (Wildman–Crippen LogP) is 4.46. The van der Waals surface area contributed by atoms with Crippen LogP contribution >= 0.6 is 0 Å². The molecule has 12 heteroatoms. The van der Waals surface area contributed by atoms with E-state index in [2.05, 4.69) is 10.0 Å². The van der Waals surface area contributed by atoms with Crippen LogP contribution in [-0.4, -0.2) is 32.6 Å². The zero-order valence-corrected chi connectivity index (χ0v) is 21.3. The first-order valence-electron chi connectivity index (χ1n) is 11.2. The first-order chi connectivity index (χ1) is 17.2. The van der Waals surface area contributed by atoms with E-state index in [1.165, 1.54) is 18.2 Å². The van der Waals surface area contributed by atoms with E-state index in [-0.39, 0.29) is 21.8 Å². The second-order valence-corrected chi connectivity index (χ2v) is 11.2. The standard InChI is InChI=1S/C25H24BF3N2O5S/c1-24(2)25(3,4)36-26(35-24)18-10-5-6-11-21(18)31-37(33,34)17-9-7-8-15(12-17)23(32)30-16-13-19(27)22(29)20(28)14-16/h5-14,31H,1-4H3,(H,30,32). The molecule has 0 unspecified atom stereocenters. The van der Waals surface area contributed by atoms with E-state index in [9.17, 15) is 26.4 Å². The predicted molar refractivity (Wildman–Crippen MR) is 134 cm³/mol. The van der Waals surface area contributed by atoms with Crippen molar-refractivity contribution in [3.63, 3.8) is 0 Å². The number of carbonyl (C=O) groups is 1. The Morgan fingerprint density at radius 3 is 2.08 bits per heavy atom. The lowest BCUT2D eigenvalue weighted by Gasteiger charge is -2.32. The van der Waals surface area contributed by atoms with Gasteiger partial charge >= 0.3 is 7.12 Å². The highest BCUT2D eigenvalue weighted by atomic mass is 32.2. The summed E-state index contributed by atoms with van der Waals surface area (Å²) in [5.41, 5.74) is -1.01. The number of carbonyl (C=O) groups excluding carboxylic acids is 1. The summed E-state index contributed by atoms with van der Waals surface area (Å²) < 4.78 is 81.2. The molecule has 0 radical (unpaired) electrons. The number of halogens is 3. The Kier molecular flexibility index (Phi) is 6.87. The van der Waals surface area contributed by atoms with Crippen molar-refractivity contribution in [1.29, 1.82) is 0 Å². The van der Waals surface area contributed by atoms with Gasteiger partial charge in [-0.2, -0.15) is 0 Å². The maximum atomic E-state index is 13.5. The fraction of sp³-hybridized carbons (Fsp3) is 0.240. The van der Waals surface area contributed by atoms with Crippen molar-refractivity contribution < 1.29 is 35.7 Å². The number of benzene rings is 3. The molecule has 7 nitrogen and oxygen atoms in total. The Morgan fingerprint density at radius 2 is 1.46 bits per heavy atom. The number of rotatable bonds is 6. The molecule has 0 saturated carbocycles. The largest absolute Gasteiger partial charge is 0.496 e. The van der Waals surface area contributed by atoms with Crippen molar-refractivity contribution >= 4 is 39.9 Å². The van der Waals surface area contributed by atoms with Crippen molar-refractivity contribution in [3.8, 4) is 0 Å². The maximum absolute atomic E-state index is 13.5. The fourth-order valence-corrected chi connectivity index (χ4v) is 4.74. The zero-order valence-electron chi connectivity index (χ0n) is 20.4. The average Bonchev–Trinajstić information content (AvgIpc) is 3.04. The van der Waals surface area contributed by atoms with Gasteiger partial charge in [0.05, 0.1) is 16.1 Å². The van der Waals surface area contributed by atoms with Crippen molar-refractivity contribution in [2.75, 3.05) is 10.0 Å². The van der Waals surface area contributed by atoms with Crippen molar-refractivity contribution in [3.05, 3.63) is 83.7 Å². The zero-order chi connectivity index (χ0) is 27.2. The summed E-state index contributed by atoms with van der Waals surface area (Å²) in [6.07, 6.45) is 0. The lowest BCUT2D eigenvalue weighted by Crippen LogP contribution is -2.41. The Bertz CT molecular complexity index is 1440. The molecule has 0 aliphatic carbocycles. The normalized spacial score (nSPS) is 16.5. The summed E-state index contributed by atoms with van der Waals surface area (Å²) in [4.78, 5) is 12.4. The quantitative estimate of drug-likeness (QED) is 0.362. The van der Waals surface area contributed by atoms with E-state index < -0.39 is 51.7 Å². The van der Waals surface area contributed by atoms with Crippen LogP contribution in [0.5, 0.6) is 0 Å². The van der Waals surface area contributed by atoms with Crippen LogP contribution < -0.4 is 15.5 Å². The van der Waals surface area contributed by atoms with Crippen LogP contribution in [0.2, 0.25) is 0 Å². The van der Waals surface area contributed by atoms with Gasteiger partial charge in [0.1, 0.15) is 0 Å². The van der Waals surface area contributed by atoms with Crippen LogP contribution in [0.3, 0.4) is 0 Å². The van der Waals surface area contributed by atoms with Crippen molar-refractivity contribution in [2.24, 2.45) is 0 Å². The number of amides is 1. The first kappa shape index (κ1) is 26.7. The van der Waals surface area contributed by atoms with Gasteiger partial charge < -0.3 is 14.6 Å². The Labute approximate surface area is 213 Å². The van der Waals surface area contributed by atoms with Crippen molar-refractivity contribution in [2.45, 2.75) is 43.8 Å². The Hall–Kier alpha value is -3.35. The SMILES string of the molecule is CC1(C)OB(c2ccccc2NS(=O)(=O)c2cccc(C(=O)Nc3cc(F)c(F)c(F)c3)c2)OC1(C)C. The molecule has 1 amide bonds. The summed E-state index contributed by atoms with van der Waals surface area (Å²) in [5, 5.41) is 2.22. The molecule has 0 atom stereocenters. The van der Waals surface area contributed by atoms with Crippen LogP contribution in [-0.2, 0) is 19.3 Å². The van der Waals surface area contributed by atoms with Crippen LogP contribution in [0.1, 0.15) is 38.1 Å². The minimum atomic E-state index is -4.18. The number of anilines is 2. The maximum Gasteiger partial charge on any atom is 0.496 e. The van der Waals surface area contributed by atoms with E-state index in [4.69, 9.17) is 9.31 Å². The summed E-state index contributed by atoms with van der Waals surface area (Å²) in [6.45, 7) is 7.52. The monoisotopic (exact) mass is 532 g/mol. The molecule has 1 aliphatic rings. The lowest BCUT2D eigenvalue weighted by atomic mass is 9.78. The van der Waals surface area contributed by atoms with Gasteiger partial charge in [-0.3, -0.25) is 9.52 Å². The van der Waals surface area contributed by atoms with Gasteiger partial charge in [-0.25, -0.2) is 21.6 Å². The third-order valence-electron chi connectivity index (χ3n) is 6.36. The molecule has 1 aliphatic heterocycles. The molecule has 0 spiro atoms. The average molecular weight is 532 g/mol. The third kappa shape index (κ3) is 5.36. The van der Waals surface area contributed by atoms with Crippen LogP contribution in [0, 0.1) is 17.5 Å². The number of hydrogen-bond donors (Lipinski definition) is 2. The van der Waals surface area contributed by atoms with Gasteiger partial charge in [0.15, 0.2) is 17.5 Å². The van der Waals surface area contributed by atoms with Crippen molar-refractivity contribution in [1.82, 2.24) is 0 Å².